The summed E-state index contributed by atoms with van der Waals surface area (Å²) in [6, 6.07) is 8.16. The number of H-pyrrole nitrogens is 1. The molecule has 0 atom stereocenters. The highest BCUT2D eigenvalue weighted by Gasteiger charge is 2.25. The Kier molecular flexibility index (Phi) is 3.42. The zero-order chi connectivity index (χ0) is 15.0. The van der Waals surface area contributed by atoms with E-state index in [0.717, 1.165) is 40.9 Å². The number of benzene rings is 1. The van der Waals surface area contributed by atoms with Crippen molar-refractivity contribution in [1.29, 1.82) is 0 Å². The molecule has 0 bridgehead atoms. The number of aromatic nitrogens is 1. The van der Waals surface area contributed by atoms with E-state index in [1.807, 2.05) is 31.2 Å². The zero-order valence-electron chi connectivity index (χ0n) is 12.7. The predicted octanol–water partition coefficient (Wildman–Crippen LogP) is 3.94. The average Bonchev–Trinajstić information content (AvgIpc) is 3.01. The third-order valence-corrected chi connectivity index (χ3v) is 4.08. The van der Waals surface area contributed by atoms with Crippen molar-refractivity contribution in [2.45, 2.75) is 33.6 Å². The number of anilines is 1. The second kappa shape index (κ2) is 5.24. The fourth-order valence-electron chi connectivity index (χ4n) is 2.90. The lowest BCUT2D eigenvalue weighted by Gasteiger charge is -2.03. The van der Waals surface area contributed by atoms with Gasteiger partial charge in [-0.05, 0) is 49.1 Å². The van der Waals surface area contributed by atoms with Crippen molar-refractivity contribution >= 4 is 23.2 Å². The maximum atomic E-state index is 12.3. The summed E-state index contributed by atoms with van der Waals surface area (Å²) < 4.78 is 0. The molecule has 3 rings (SSSR count). The number of nitrogens with one attached hydrogen (secondary N) is 2. The van der Waals surface area contributed by atoms with Gasteiger partial charge < -0.3 is 10.3 Å². The first-order valence-corrected chi connectivity index (χ1v) is 7.47. The number of fused-ring (bicyclic) bond motifs is 1. The standard InChI is InChI=1S/C18H20N2O/c1-4-12-9-13(5-2)19-16(12)10-14-17-11(3)7-6-8-15(17)20-18(14)21/h6-10,19H,4-5H2,1-3H3,(H,20,21)/b14-10-. The van der Waals surface area contributed by atoms with E-state index >= 15 is 0 Å². The van der Waals surface area contributed by atoms with Crippen LogP contribution >= 0.6 is 0 Å². The summed E-state index contributed by atoms with van der Waals surface area (Å²) in [7, 11) is 0. The maximum Gasteiger partial charge on any atom is 0.256 e. The molecule has 0 saturated carbocycles. The lowest BCUT2D eigenvalue weighted by atomic mass is 10.00. The molecular formula is C18H20N2O. The van der Waals surface area contributed by atoms with Gasteiger partial charge >= 0.3 is 0 Å². The number of rotatable bonds is 3. The highest BCUT2D eigenvalue weighted by atomic mass is 16.2. The van der Waals surface area contributed by atoms with Gasteiger partial charge in [-0.2, -0.15) is 0 Å². The second-order valence-corrected chi connectivity index (χ2v) is 5.45. The van der Waals surface area contributed by atoms with Crippen LogP contribution in [0.2, 0.25) is 0 Å². The number of hydrogen-bond acceptors (Lipinski definition) is 1. The molecule has 2 N–H and O–H groups in total. The molecule has 2 heterocycles. The van der Waals surface area contributed by atoms with Gasteiger partial charge in [-0.3, -0.25) is 4.79 Å². The van der Waals surface area contributed by atoms with Gasteiger partial charge in [-0.1, -0.05) is 26.0 Å². The van der Waals surface area contributed by atoms with E-state index in [-0.39, 0.29) is 5.91 Å². The van der Waals surface area contributed by atoms with Gasteiger partial charge in [0.1, 0.15) is 0 Å². The van der Waals surface area contributed by atoms with E-state index in [1.54, 1.807) is 0 Å². The average molecular weight is 280 g/mol. The molecule has 0 saturated heterocycles. The van der Waals surface area contributed by atoms with Gasteiger partial charge in [0.2, 0.25) is 0 Å². The number of aromatic amines is 1. The molecule has 3 nitrogen and oxygen atoms in total. The Morgan fingerprint density at radius 2 is 2.00 bits per heavy atom. The quantitative estimate of drug-likeness (QED) is 0.822. The van der Waals surface area contributed by atoms with Crippen molar-refractivity contribution in [3.05, 3.63) is 52.3 Å². The van der Waals surface area contributed by atoms with Crippen LogP contribution in [0.1, 0.15) is 41.9 Å². The third kappa shape index (κ3) is 2.29. The van der Waals surface area contributed by atoms with Gasteiger partial charge in [0, 0.05) is 22.6 Å². The first kappa shape index (κ1) is 13.7. The minimum atomic E-state index is -0.0194. The van der Waals surface area contributed by atoms with Crippen molar-refractivity contribution < 1.29 is 4.79 Å². The van der Waals surface area contributed by atoms with Crippen LogP contribution in [0.4, 0.5) is 5.69 Å². The lowest BCUT2D eigenvalue weighted by Crippen LogP contribution is -2.03. The Labute approximate surface area is 125 Å². The first-order chi connectivity index (χ1) is 10.1. The number of carbonyl (C=O) groups excluding carboxylic acids is 1. The molecule has 0 unspecified atom stereocenters. The van der Waals surface area contributed by atoms with Crippen LogP contribution in [0.5, 0.6) is 0 Å². The second-order valence-electron chi connectivity index (χ2n) is 5.45. The number of carbonyl (C=O) groups is 1. The number of aryl methyl sites for hydroxylation is 3. The lowest BCUT2D eigenvalue weighted by molar-refractivity contribution is -0.110. The summed E-state index contributed by atoms with van der Waals surface area (Å²) in [6.07, 6.45) is 3.92. The van der Waals surface area contributed by atoms with Crippen molar-refractivity contribution in [3.63, 3.8) is 0 Å². The third-order valence-electron chi connectivity index (χ3n) is 4.08. The molecule has 1 aliphatic rings. The first-order valence-electron chi connectivity index (χ1n) is 7.47. The van der Waals surface area contributed by atoms with Gasteiger partial charge in [0.15, 0.2) is 0 Å². The van der Waals surface area contributed by atoms with Crippen LogP contribution in [0.15, 0.2) is 24.3 Å². The van der Waals surface area contributed by atoms with Crippen LogP contribution in [-0.2, 0) is 17.6 Å². The number of hydrogen-bond donors (Lipinski definition) is 2. The van der Waals surface area contributed by atoms with Crippen LogP contribution in [0.25, 0.3) is 11.6 Å². The summed E-state index contributed by atoms with van der Waals surface area (Å²) in [5, 5.41) is 2.95. The molecule has 1 amide bonds. The minimum Gasteiger partial charge on any atom is -0.359 e. The smallest absolute Gasteiger partial charge is 0.256 e. The molecule has 0 aliphatic carbocycles. The molecule has 2 aromatic rings. The van der Waals surface area contributed by atoms with Crippen molar-refractivity contribution in [1.82, 2.24) is 4.98 Å². The van der Waals surface area contributed by atoms with Crippen molar-refractivity contribution in [2.75, 3.05) is 5.32 Å². The molecule has 108 valence electrons. The maximum absolute atomic E-state index is 12.3. The van der Waals surface area contributed by atoms with Crippen LogP contribution in [-0.4, -0.2) is 10.9 Å². The molecule has 0 spiro atoms. The van der Waals surface area contributed by atoms with Gasteiger partial charge in [0.05, 0.1) is 5.57 Å². The van der Waals surface area contributed by atoms with Gasteiger partial charge in [0.25, 0.3) is 5.91 Å². The Morgan fingerprint density at radius 3 is 2.71 bits per heavy atom. The zero-order valence-corrected chi connectivity index (χ0v) is 12.7. The van der Waals surface area contributed by atoms with E-state index in [1.165, 1.54) is 11.3 Å². The topological polar surface area (TPSA) is 44.9 Å². The highest BCUT2D eigenvalue weighted by Crippen LogP contribution is 2.35. The Balaban J connectivity index is 2.13. The van der Waals surface area contributed by atoms with Gasteiger partial charge in [-0.25, -0.2) is 0 Å². The van der Waals surface area contributed by atoms with E-state index in [4.69, 9.17) is 0 Å². The van der Waals surface area contributed by atoms with Crippen LogP contribution in [0.3, 0.4) is 0 Å². The van der Waals surface area contributed by atoms with Crippen LogP contribution in [0, 0.1) is 6.92 Å². The SMILES string of the molecule is CCc1cc(CC)c(/C=C2\C(=O)Nc3cccc(C)c32)[nH]1. The summed E-state index contributed by atoms with van der Waals surface area (Å²) in [6.45, 7) is 6.31. The molecular weight excluding hydrogens is 260 g/mol. The molecule has 1 aromatic heterocycles. The Morgan fingerprint density at radius 1 is 1.19 bits per heavy atom. The summed E-state index contributed by atoms with van der Waals surface area (Å²) >= 11 is 0. The fourth-order valence-corrected chi connectivity index (χ4v) is 2.90. The highest BCUT2D eigenvalue weighted by molar-refractivity contribution is 6.35. The molecule has 3 heteroatoms. The van der Waals surface area contributed by atoms with E-state index in [0.29, 0.717) is 0 Å². The van der Waals surface area contributed by atoms with E-state index in [2.05, 4.69) is 30.2 Å². The normalized spacial score (nSPS) is 15.4. The minimum absolute atomic E-state index is 0.0194. The van der Waals surface area contributed by atoms with E-state index in [9.17, 15) is 4.79 Å². The molecule has 21 heavy (non-hydrogen) atoms. The predicted molar refractivity (Wildman–Crippen MR) is 87.2 cm³/mol. The van der Waals surface area contributed by atoms with Gasteiger partial charge in [-0.15, -0.1) is 0 Å². The van der Waals surface area contributed by atoms with Crippen LogP contribution < -0.4 is 5.32 Å². The number of amides is 1. The molecule has 1 aliphatic heterocycles. The molecule has 0 fully saturated rings. The summed E-state index contributed by atoms with van der Waals surface area (Å²) in [5.74, 6) is -0.0194. The Bertz CT molecular complexity index is 738. The monoisotopic (exact) mass is 280 g/mol. The molecule has 1 aromatic carbocycles. The van der Waals surface area contributed by atoms with Crippen molar-refractivity contribution in [2.24, 2.45) is 0 Å². The van der Waals surface area contributed by atoms with E-state index < -0.39 is 0 Å². The summed E-state index contributed by atoms with van der Waals surface area (Å²) in [4.78, 5) is 15.7. The Hall–Kier alpha value is -2.29. The molecule has 0 radical (unpaired) electrons. The fraction of sp³-hybridized carbons (Fsp3) is 0.278. The largest absolute Gasteiger partial charge is 0.359 e. The van der Waals surface area contributed by atoms with Crippen molar-refractivity contribution in [3.8, 4) is 0 Å². The summed E-state index contributed by atoms with van der Waals surface area (Å²) in [5.41, 5.74) is 7.33.